The Morgan fingerprint density at radius 3 is 2.19 bits per heavy atom. The van der Waals surface area contributed by atoms with Crippen molar-refractivity contribution in [1.82, 2.24) is 0 Å². The van der Waals surface area contributed by atoms with Crippen LogP contribution in [-0.2, 0) is 11.0 Å². The minimum Gasteiger partial charge on any atom is -0.481 e. The zero-order valence-corrected chi connectivity index (χ0v) is 11.2. The number of aliphatic carboxylic acids is 1. The van der Waals surface area contributed by atoms with Crippen LogP contribution in [0.25, 0.3) is 11.1 Å². The fourth-order valence-corrected chi connectivity index (χ4v) is 2.01. The summed E-state index contributed by atoms with van der Waals surface area (Å²) < 4.78 is 38.2. The van der Waals surface area contributed by atoms with E-state index in [1.807, 2.05) is 0 Å². The molecule has 0 fully saturated rings. The van der Waals surface area contributed by atoms with Crippen LogP contribution in [0.15, 0.2) is 48.5 Å². The van der Waals surface area contributed by atoms with E-state index in [2.05, 4.69) is 0 Å². The predicted octanol–water partition coefficient (Wildman–Crippen LogP) is 4.56. The molecule has 1 unspecified atom stereocenters. The summed E-state index contributed by atoms with van der Waals surface area (Å²) in [7, 11) is 0. The molecule has 1 N–H and O–H groups in total. The molecule has 110 valence electrons. The van der Waals surface area contributed by atoms with Crippen molar-refractivity contribution in [3.8, 4) is 11.1 Å². The van der Waals surface area contributed by atoms with E-state index in [0.717, 1.165) is 12.1 Å². The maximum Gasteiger partial charge on any atom is 0.416 e. The molecule has 5 heteroatoms. The zero-order chi connectivity index (χ0) is 15.6. The second-order valence-corrected chi connectivity index (χ2v) is 4.76. The van der Waals surface area contributed by atoms with Crippen molar-refractivity contribution < 1.29 is 23.1 Å². The van der Waals surface area contributed by atoms with Gasteiger partial charge in [-0.15, -0.1) is 0 Å². The Hall–Kier alpha value is -2.30. The van der Waals surface area contributed by atoms with Crippen LogP contribution < -0.4 is 0 Å². The summed E-state index contributed by atoms with van der Waals surface area (Å²) in [6.45, 7) is 1.54. The van der Waals surface area contributed by atoms with Gasteiger partial charge >= 0.3 is 12.1 Å². The van der Waals surface area contributed by atoms with Crippen molar-refractivity contribution >= 4 is 5.97 Å². The van der Waals surface area contributed by atoms with E-state index in [9.17, 15) is 18.0 Å². The van der Waals surface area contributed by atoms with Crippen LogP contribution in [0.5, 0.6) is 0 Å². The van der Waals surface area contributed by atoms with Crippen LogP contribution in [0.4, 0.5) is 13.2 Å². The number of halogens is 3. The Morgan fingerprint density at radius 2 is 1.62 bits per heavy atom. The summed E-state index contributed by atoms with van der Waals surface area (Å²) in [5.74, 6) is -1.69. The van der Waals surface area contributed by atoms with Crippen LogP contribution in [-0.4, -0.2) is 11.1 Å². The Bertz CT molecular complexity index is 663. The summed E-state index contributed by atoms with van der Waals surface area (Å²) in [6, 6.07) is 11.5. The van der Waals surface area contributed by atoms with Gasteiger partial charge in [0.2, 0.25) is 0 Å². The molecule has 1 atom stereocenters. The fraction of sp³-hybridized carbons (Fsp3) is 0.188. The van der Waals surface area contributed by atoms with Crippen LogP contribution in [0.1, 0.15) is 24.0 Å². The van der Waals surface area contributed by atoms with E-state index < -0.39 is 23.6 Å². The monoisotopic (exact) mass is 294 g/mol. The third kappa shape index (κ3) is 3.42. The largest absolute Gasteiger partial charge is 0.481 e. The lowest BCUT2D eigenvalue weighted by atomic mass is 9.95. The highest BCUT2D eigenvalue weighted by Crippen LogP contribution is 2.32. The van der Waals surface area contributed by atoms with Crippen LogP contribution >= 0.6 is 0 Å². The highest BCUT2D eigenvalue weighted by atomic mass is 19.4. The molecule has 2 rings (SSSR count). The number of carboxylic acids is 1. The summed E-state index contributed by atoms with van der Waals surface area (Å²) in [6.07, 6.45) is -4.40. The van der Waals surface area contributed by atoms with E-state index in [1.165, 1.54) is 13.0 Å². The fourth-order valence-electron chi connectivity index (χ4n) is 2.01. The van der Waals surface area contributed by atoms with E-state index in [1.54, 1.807) is 30.3 Å². The van der Waals surface area contributed by atoms with Gasteiger partial charge in [-0.05, 0) is 35.7 Å². The molecule has 0 radical (unpaired) electrons. The molecule has 0 spiro atoms. The predicted molar refractivity (Wildman–Crippen MR) is 72.9 cm³/mol. The summed E-state index contributed by atoms with van der Waals surface area (Å²) >= 11 is 0. The normalized spacial score (nSPS) is 13.0. The summed E-state index contributed by atoms with van der Waals surface area (Å²) in [4.78, 5) is 11.0. The first-order valence-corrected chi connectivity index (χ1v) is 6.29. The van der Waals surface area contributed by atoms with Crippen molar-refractivity contribution in [2.24, 2.45) is 0 Å². The molecule has 2 aromatic carbocycles. The SMILES string of the molecule is CC(C(=O)O)c1cccc(-c2cccc(C(F)(F)F)c2)c1. The lowest BCUT2D eigenvalue weighted by molar-refractivity contribution is -0.138. The first-order valence-electron chi connectivity index (χ1n) is 6.29. The molecule has 0 bridgehead atoms. The maximum atomic E-state index is 12.7. The summed E-state index contributed by atoms with van der Waals surface area (Å²) in [5, 5.41) is 9.00. The number of hydrogen-bond acceptors (Lipinski definition) is 1. The molecule has 0 aliphatic heterocycles. The topological polar surface area (TPSA) is 37.3 Å². The minimum absolute atomic E-state index is 0.407. The van der Waals surface area contributed by atoms with Crippen LogP contribution in [0.2, 0.25) is 0 Å². The smallest absolute Gasteiger partial charge is 0.416 e. The van der Waals surface area contributed by atoms with Gasteiger partial charge in [0.05, 0.1) is 11.5 Å². The number of carboxylic acid groups (broad SMARTS) is 1. The van der Waals surface area contributed by atoms with E-state index in [4.69, 9.17) is 5.11 Å². The van der Waals surface area contributed by atoms with Gasteiger partial charge in [-0.3, -0.25) is 4.79 Å². The molecule has 2 nitrogen and oxygen atoms in total. The van der Waals surface area contributed by atoms with Gasteiger partial charge in [0.15, 0.2) is 0 Å². The quantitative estimate of drug-likeness (QED) is 0.901. The van der Waals surface area contributed by atoms with Crippen LogP contribution in [0, 0.1) is 0 Å². The van der Waals surface area contributed by atoms with Gasteiger partial charge in [0.25, 0.3) is 0 Å². The highest BCUT2D eigenvalue weighted by Gasteiger charge is 2.30. The Labute approximate surface area is 119 Å². The van der Waals surface area contributed by atoms with Gasteiger partial charge in [-0.25, -0.2) is 0 Å². The average Bonchev–Trinajstić information content (AvgIpc) is 2.46. The first-order chi connectivity index (χ1) is 9.79. The Balaban J connectivity index is 2.43. The molecule has 21 heavy (non-hydrogen) atoms. The number of carbonyl (C=O) groups is 1. The van der Waals surface area contributed by atoms with E-state index in [-0.39, 0.29) is 0 Å². The Morgan fingerprint density at radius 1 is 1.05 bits per heavy atom. The lowest BCUT2D eigenvalue weighted by Crippen LogP contribution is -2.07. The standard InChI is InChI=1S/C16H13F3O2/c1-10(15(20)21)11-4-2-5-12(8-11)13-6-3-7-14(9-13)16(17,18)19/h2-10H,1H3,(H,20,21). The molecule has 0 saturated heterocycles. The van der Waals surface area contributed by atoms with Crippen molar-refractivity contribution in [1.29, 1.82) is 0 Å². The van der Waals surface area contributed by atoms with Gasteiger partial charge in [-0.2, -0.15) is 13.2 Å². The Kier molecular flexibility index (Phi) is 4.02. The second-order valence-electron chi connectivity index (χ2n) is 4.76. The maximum absolute atomic E-state index is 12.7. The van der Waals surface area contributed by atoms with Crippen LogP contribution in [0.3, 0.4) is 0 Å². The van der Waals surface area contributed by atoms with Gasteiger partial charge < -0.3 is 5.11 Å². The minimum atomic E-state index is -4.40. The number of alkyl halides is 3. The van der Waals surface area contributed by atoms with E-state index >= 15 is 0 Å². The van der Waals surface area contributed by atoms with Crippen molar-refractivity contribution in [3.05, 3.63) is 59.7 Å². The average molecular weight is 294 g/mol. The van der Waals surface area contributed by atoms with Crippen molar-refractivity contribution in [2.45, 2.75) is 19.0 Å². The molecular formula is C16H13F3O2. The molecule has 0 aliphatic rings. The lowest BCUT2D eigenvalue weighted by Gasteiger charge is -2.11. The van der Waals surface area contributed by atoms with Crippen molar-refractivity contribution in [2.75, 3.05) is 0 Å². The van der Waals surface area contributed by atoms with E-state index in [0.29, 0.717) is 16.7 Å². The molecule has 0 amide bonds. The van der Waals surface area contributed by atoms with Crippen molar-refractivity contribution in [3.63, 3.8) is 0 Å². The highest BCUT2D eigenvalue weighted by molar-refractivity contribution is 5.76. The molecular weight excluding hydrogens is 281 g/mol. The zero-order valence-electron chi connectivity index (χ0n) is 11.2. The molecule has 0 aliphatic carbocycles. The first kappa shape index (κ1) is 15.1. The second kappa shape index (κ2) is 5.60. The van der Waals surface area contributed by atoms with Gasteiger partial charge in [0.1, 0.15) is 0 Å². The molecule has 2 aromatic rings. The summed E-state index contributed by atoms with van der Waals surface area (Å²) in [5.41, 5.74) is 0.796. The number of rotatable bonds is 3. The van der Waals surface area contributed by atoms with Gasteiger partial charge in [-0.1, -0.05) is 36.4 Å². The molecule has 0 saturated carbocycles. The third-order valence-corrected chi connectivity index (χ3v) is 3.28. The molecule has 0 aromatic heterocycles. The molecule has 0 heterocycles. The number of hydrogen-bond donors (Lipinski definition) is 1. The van der Waals surface area contributed by atoms with Gasteiger partial charge in [0, 0.05) is 0 Å². The number of benzene rings is 2. The third-order valence-electron chi connectivity index (χ3n) is 3.28.